The Morgan fingerprint density at radius 2 is 2.64 bits per heavy atom. The topological polar surface area (TPSA) is 12.0 Å². The minimum absolute atomic E-state index is 0.333. The predicted octanol–water partition coefficient (Wildman–Crippen LogP) is 2.03. The molecule has 0 saturated heterocycles. The Bertz CT molecular complexity index is 233. The third kappa shape index (κ3) is 2.07. The van der Waals surface area contributed by atoms with Crippen LogP contribution in [0.3, 0.4) is 0 Å². The minimum atomic E-state index is 0.333. The van der Waals surface area contributed by atoms with Crippen LogP contribution in [0.2, 0.25) is 0 Å². The highest BCUT2D eigenvalue weighted by molar-refractivity contribution is 7.10. The summed E-state index contributed by atoms with van der Waals surface area (Å²) in [5.74, 6) is 2.65. The maximum absolute atomic E-state index is 5.23. The SMILES string of the molecule is C#CCC(NC)c1cccs1. The zero-order valence-electron chi connectivity index (χ0n) is 6.50. The molecule has 1 unspecified atom stereocenters. The Morgan fingerprint density at radius 1 is 1.82 bits per heavy atom. The minimum Gasteiger partial charge on any atom is -0.312 e. The van der Waals surface area contributed by atoms with Gasteiger partial charge in [0.2, 0.25) is 0 Å². The smallest absolute Gasteiger partial charge is 0.0523 e. The fraction of sp³-hybridized carbons (Fsp3) is 0.333. The van der Waals surface area contributed by atoms with Gasteiger partial charge in [0, 0.05) is 11.3 Å². The largest absolute Gasteiger partial charge is 0.312 e. The van der Waals surface area contributed by atoms with Gasteiger partial charge in [-0.15, -0.1) is 23.7 Å². The fourth-order valence-corrected chi connectivity index (χ4v) is 1.79. The Balaban J connectivity index is 2.65. The summed E-state index contributed by atoms with van der Waals surface area (Å²) in [6.07, 6.45) is 5.99. The second-order valence-corrected chi connectivity index (χ2v) is 3.24. The zero-order valence-corrected chi connectivity index (χ0v) is 7.32. The van der Waals surface area contributed by atoms with Crippen LogP contribution in [0.4, 0.5) is 0 Å². The first-order valence-corrected chi connectivity index (χ1v) is 4.40. The van der Waals surface area contributed by atoms with Crippen molar-refractivity contribution in [3.05, 3.63) is 22.4 Å². The van der Waals surface area contributed by atoms with Crippen LogP contribution in [0.5, 0.6) is 0 Å². The van der Waals surface area contributed by atoms with E-state index in [9.17, 15) is 0 Å². The third-order valence-electron chi connectivity index (χ3n) is 1.56. The van der Waals surface area contributed by atoms with E-state index in [-0.39, 0.29) is 0 Å². The predicted molar refractivity (Wildman–Crippen MR) is 49.6 cm³/mol. The van der Waals surface area contributed by atoms with Crippen LogP contribution in [-0.4, -0.2) is 7.05 Å². The van der Waals surface area contributed by atoms with Gasteiger partial charge in [-0.05, 0) is 18.5 Å². The summed E-state index contributed by atoms with van der Waals surface area (Å²) < 4.78 is 0. The van der Waals surface area contributed by atoms with Crippen molar-refractivity contribution in [1.82, 2.24) is 5.32 Å². The van der Waals surface area contributed by atoms with E-state index in [2.05, 4.69) is 22.7 Å². The molecule has 1 aromatic heterocycles. The van der Waals surface area contributed by atoms with Crippen molar-refractivity contribution < 1.29 is 0 Å². The van der Waals surface area contributed by atoms with Crippen molar-refractivity contribution in [3.63, 3.8) is 0 Å². The lowest BCUT2D eigenvalue weighted by Crippen LogP contribution is -2.14. The molecule has 1 heterocycles. The van der Waals surface area contributed by atoms with E-state index >= 15 is 0 Å². The molecule has 0 bridgehead atoms. The van der Waals surface area contributed by atoms with Crippen LogP contribution >= 0.6 is 11.3 Å². The van der Waals surface area contributed by atoms with Gasteiger partial charge in [-0.3, -0.25) is 0 Å². The van der Waals surface area contributed by atoms with Crippen molar-refractivity contribution in [3.8, 4) is 12.3 Å². The van der Waals surface area contributed by atoms with E-state index < -0.39 is 0 Å². The van der Waals surface area contributed by atoms with E-state index in [1.165, 1.54) is 4.88 Å². The highest BCUT2D eigenvalue weighted by atomic mass is 32.1. The van der Waals surface area contributed by atoms with Crippen molar-refractivity contribution in [2.24, 2.45) is 0 Å². The average molecular weight is 165 g/mol. The molecule has 58 valence electrons. The molecule has 1 aromatic rings. The summed E-state index contributed by atoms with van der Waals surface area (Å²) in [5, 5.41) is 5.24. The lowest BCUT2D eigenvalue weighted by molar-refractivity contribution is 0.622. The molecule has 0 saturated carbocycles. The Labute approximate surface area is 71.4 Å². The molecular weight excluding hydrogens is 154 g/mol. The van der Waals surface area contributed by atoms with E-state index in [4.69, 9.17) is 6.42 Å². The summed E-state index contributed by atoms with van der Waals surface area (Å²) >= 11 is 1.74. The van der Waals surface area contributed by atoms with Crippen LogP contribution < -0.4 is 5.32 Å². The second kappa shape index (κ2) is 4.17. The molecule has 0 aliphatic carbocycles. The van der Waals surface area contributed by atoms with Gasteiger partial charge in [0.1, 0.15) is 0 Å². The number of hydrogen-bond acceptors (Lipinski definition) is 2. The summed E-state index contributed by atoms with van der Waals surface area (Å²) in [7, 11) is 1.93. The first-order valence-electron chi connectivity index (χ1n) is 3.52. The van der Waals surface area contributed by atoms with Crippen LogP contribution in [0.1, 0.15) is 17.3 Å². The summed E-state index contributed by atoms with van der Waals surface area (Å²) in [6, 6.07) is 4.48. The monoisotopic (exact) mass is 165 g/mol. The van der Waals surface area contributed by atoms with Crippen molar-refractivity contribution in [1.29, 1.82) is 0 Å². The number of thiophene rings is 1. The Hall–Kier alpha value is -0.780. The standard InChI is InChI=1S/C9H11NS/c1-3-5-8(10-2)9-6-4-7-11-9/h1,4,6-8,10H,5H2,2H3. The van der Waals surface area contributed by atoms with Crippen LogP contribution in [0, 0.1) is 12.3 Å². The lowest BCUT2D eigenvalue weighted by Gasteiger charge is -2.09. The maximum Gasteiger partial charge on any atom is 0.0523 e. The molecule has 0 fully saturated rings. The molecule has 11 heavy (non-hydrogen) atoms. The Morgan fingerprint density at radius 3 is 3.09 bits per heavy atom. The Kier molecular flexibility index (Phi) is 3.15. The van der Waals surface area contributed by atoms with Gasteiger partial charge < -0.3 is 5.32 Å². The fourth-order valence-electron chi connectivity index (χ4n) is 0.952. The van der Waals surface area contributed by atoms with Crippen molar-refractivity contribution >= 4 is 11.3 Å². The molecular formula is C9H11NS. The molecule has 0 aliphatic rings. The summed E-state index contributed by atoms with van der Waals surface area (Å²) in [4.78, 5) is 1.31. The van der Waals surface area contributed by atoms with E-state index in [0.29, 0.717) is 6.04 Å². The lowest BCUT2D eigenvalue weighted by atomic mass is 10.2. The van der Waals surface area contributed by atoms with Crippen molar-refractivity contribution in [2.45, 2.75) is 12.5 Å². The average Bonchev–Trinajstić information content (AvgIpc) is 2.52. The number of hydrogen-bond donors (Lipinski definition) is 1. The van der Waals surface area contributed by atoms with Crippen molar-refractivity contribution in [2.75, 3.05) is 7.05 Å². The van der Waals surface area contributed by atoms with Crippen LogP contribution in [-0.2, 0) is 0 Å². The van der Waals surface area contributed by atoms with E-state index in [1.807, 2.05) is 13.1 Å². The van der Waals surface area contributed by atoms with Crippen LogP contribution in [0.25, 0.3) is 0 Å². The summed E-state index contributed by atoms with van der Waals surface area (Å²) in [6.45, 7) is 0. The molecule has 0 spiro atoms. The summed E-state index contributed by atoms with van der Waals surface area (Å²) in [5.41, 5.74) is 0. The first kappa shape index (κ1) is 8.32. The molecule has 0 radical (unpaired) electrons. The first-order chi connectivity index (χ1) is 5.38. The highest BCUT2D eigenvalue weighted by Crippen LogP contribution is 2.20. The highest BCUT2D eigenvalue weighted by Gasteiger charge is 2.06. The molecule has 1 rings (SSSR count). The van der Waals surface area contributed by atoms with Gasteiger partial charge >= 0.3 is 0 Å². The number of nitrogens with one attached hydrogen (secondary N) is 1. The van der Waals surface area contributed by atoms with E-state index in [0.717, 1.165) is 6.42 Å². The maximum atomic E-state index is 5.23. The zero-order chi connectivity index (χ0) is 8.10. The number of terminal acetylenes is 1. The normalized spacial score (nSPS) is 12.4. The second-order valence-electron chi connectivity index (χ2n) is 2.26. The van der Waals surface area contributed by atoms with Gasteiger partial charge in [-0.2, -0.15) is 0 Å². The van der Waals surface area contributed by atoms with Gasteiger partial charge in [0.15, 0.2) is 0 Å². The quantitative estimate of drug-likeness (QED) is 0.676. The number of rotatable bonds is 3. The molecule has 0 aromatic carbocycles. The van der Waals surface area contributed by atoms with Crippen LogP contribution in [0.15, 0.2) is 17.5 Å². The molecule has 1 atom stereocenters. The molecule has 2 heteroatoms. The van der Waals surface area contributed by atoms with Gasteiger partial charge in [0.05, 0.1) is 6.04 Å². The third-order valence-corrected chi connectivity index (χ3v) is 2.54. The van der Waals surface area contributed by atoms with E-state index in [1.54, 1.807) is 11.3 Å². The molecule has 1 nitrogen and oxygen atoms in total. The van der Waals surface area contributed by atoms with Gasteiger partial charge in [0.25, 0.3) is 0 Å². The molecule has 1 N–H and O–H groups in total. The van der Waals surface area contributed by atoms with Gasteiger partial charge in [-0.25, -0.2) is 0 Å². The molecule has 0 aliphatic heterocycles. The van der Waals surface area contributed by atoms with Gasteiger partial charge in [-0.1, -0.05) is 6.07 Å². The molecule has 0 amide bonds.